The Balaban J connectivity index is 1.40. The first kappa shape index (κ1) is 28.7. The van der Waals surface area contributed by atoms with Crippen molar-refractivity contribution in [2.45, 2.75) is 30.8 Å². The Hall–Kier alpha value is -4.82. The molecule has 0 spiro atoms. The van der Waals surface area contributed by atoms with Crippen LogP contribution in [0.15, 0.2) is 60.7 Å². The van der Waals surface area contributed by atoms with Crippen molar-refractivity contribution in [2.24, 2.45) is 0 Å². The molecule has 0 fully saturated rings. The van der Waals surface area contributed by atoms with Gasteiger partial charge in [0.2, 0.25) is 11.8 Å². The SMILES string of the molecule is CN(C(=O)C(Cc1ccc(F)cc1)NC(=O)c1cc2c(F)cc(F)cc2[nH]1)C(C#N)CC1C(=O)Nc2ccc(Cl)cc21. The molecule has 1 aliphatic rings. The van der Waals surface area contributed by atoms with E-state index in [9.17, 15) is 32.8 Å². The number of amides is 3. The molecule has 0 bridgehead atoms. The predicted octanol–water partition coefficient (Wildman–Crippen LogP) is 5.06. The number of nitrogens with one attached hydrogen (secondary N) is 3. The van der Waals surface area contributed by atoms with Crippen LogP contribution in [-0.2, 0) is 16.0 Å². The van der Waals surface area contributed by atoms with Gasteiger partial charge >= 0.3 is 0 Å². The van der Waals surface area contributed by atoms with E-state index in [2.05, 4.69) is 21.7 Å². The number of nitrogens with zero attached hydrogens (tertiary/aromatic N) is 2. The molecule has 3 unspecified atom stereocenters. The van der Waals surface area contributed by atoms with E-state index in [1.165, 1.54) is 37.4 Å². The zero-order valence-corrected chi connectivity index (χ0v) is 22.8. The van der Waals surface area contributed by atoms with Crippen LogP contribution >= 0.6 is 11.6 Å². The van der Waals surface area contributed by atoms with Crippen molar-refractivity contribution in [1.82, 2.24) is 15.2 Å². The van der Waals surface area contributed by atoms with Gasteiger partial charge in [0, 0.05) is 35.6 Å². The number of anilines is 1. The number of hydrogen-bond acceptors (Lipinski definition) is 4. The van der Waals surface area contributed by atoms with E-state index < -0.39 is 47.3 Å². The molecule has 3 aromatic carbocycles. The van der Waals surface area contributed by atoms with E-state index in [1.807, 2.05) is 0 Å². The van der Waals surface area contributed by atoms with Crippen molar-refractivity contribution in [2.75, 3.05) is 12.4 Å². The molecule has 214 valence electrons. The number of rotatable bonds is 8. The molecule has 3 atom stereocenters. The van der Waals surface area contributed by atoms with E-state index in [1.54, 1.807) is 18.2 Å². The fourth-order valence-electron chi connectivity index (χ4n) is 5.03. The predicted molar refractivity (Wildman–Crippen MR) is 149 cm³/mol. The highest BCUT2D eigenvalue weighted by molar-refractivity contribution is 6.31. The van der Waals surface area contributed by atoms with Crippen molar-refractivity contribution < 1.29 is 27.6 Å². The molecule has 1 aliphatic heterocycles. The highest BCUT2D eigenvalue weighted by atomic mass is 35.5. The smallest absolute Gasteiger partial charge is 0.268 e. The summed E-state index contributed by atoms with van der Waals surface area (Å²) in [6.07, 6.45) is -0.110. The second kappa shape index (κ2) is 11.6. The van der Waals surface area contributed by atoms with Gasteiger partial charge in [0.1, 0.15) is 35.2 Å². The maximum absolute atomic E-state index is 14.2. The summed E-state index contributed by atoms with van der Waals surface area (Å²) in [7, 11) is 1.38. The van der Waals surface area contributed by atoms with Gasteiger partial charge in [-0.15, -0.1) is 0 Å². The van der Waals surface area contributed by atoms with Gasteiger partial charge in [-0.2, -0.15) is 5.26 Å². The third-order valence-corrected chi connectivity index (χ3v) is 7.48. The molecule has 5 rings (SSSR count). The third kappa shape index (κ3) is 5.80. The number of hydrogen-bond donors (Lipinski definition) is 3. The molecular weight excluding hydrogens is 571 g/mol. The standard InChI is InChI=1S/C30H23ClF3N5O3/c1-39(19(14-35)12-21-20-9-16(31)4-7-24(20)37-28(21)40)30(42)27(8-15-2-5-17(32)6-3-15)38-29(41)26-13-22-23(34)10-18(33)11-25(22)36-26/h2-7,9-11,13,19,21,27,36H,8,12H2,1H3,(H,37,40)(H,38,41). The monoisotopic (exact) mass is 593 g/mol. The minimum atomic E-state index is -1.24. The molecule has 4 aromatic rings. The number of halogens is 4. The van der Waals surface area contributed by atoms with E-state index >= 15 is 0 Å². The molecule has 12 heteroatoms. The van der Waals surface area contributed by atoms with E-state index in [-0.39, 0.29) is 35.3 Å². The maximum Gasteiger partial charge on any atom is 0.268 e. The van der Waals surface area contributed by atoms with Crippen LogP contribution in [0.1, 0.15) is 34.0 Å². The Labute approximate surface area is 243 Å². The Bertz CT molecular complexity index is 1750. The van der Waals surface area contributed by atoms with Gasteiger partial charge < -0.3 is 20.5 Å². The number of carbonyl (C=O) groups is 3. The number of fused-ring (bicyclic) bond motifs is 2. The zero-order chi connectivity index (χ0) is 30.1. The Morgan fingerprint density at radius 2 is 1.81 bits per heavy atom. The number of carbonyl (C=O) groups excluding carboxylic acids is 3. The molecule has 42 heavy (non-hydrogen) atoms. The molecule has 3 N–H and O–H groups in total. The lowest BCUT2D eigenvalue weighted by atomic mass is 9.92. The Morgan fingerprint density at radius 1 is 1.07 bits per heavy atom. The second-order valence-corrected chi connectivity index (χ2v) is 10.4. The van der Waals surface area contributed by atoms with Crippen molar-refractivity contribution in [3.63, 3.8) is 0 Å². The molecular formula is C30H23ClF3N5O3. The first-order chi connectivity index (χ1) is 20.0. The van der Waals surface area contributed by atoms with E-state index in [0.717, 1.165) is 11.0 Å². The summed E-state index contributed by atoms with van der Waals surface area (Å²) in [5.74, 6) is -4.71. The fraction of sp³-hybridized carbons (Fsp3) is 0.200. The average molecular weight is 594 g/mol. The van der Waals surface area contributed by atoms with Crippen molar-refractivity contribution >= 4 is 45.9 Å². The number of likely N-dealkylation sites (N-methyl/N-ethyl adjacent to an activating group) is 1. The molecule has 1 aromatic heterocycles. The normalized spacial score (nSPS) is 15.4. The van der Waals surface area contributed by atoms with Crippen molar-refractivity contribution in [3.8, 4) is 6.07 Å². The van der Waals surface area contributed by atoms with Gasteiger partial charge in [-0.25, -0.2) is 13.2 Å². The summed E-state index contributed by atoms with van der Waals surface area (Å²) in [6.45, 7) is 0. The van der Waals surface area contributed by atoms with Gasteiger partial charge in [0.15, 0.2) is 0 Å². The number of benzene rings is 3. The van der Waals surface area contributed by atoms with Crippen LogP contribution in [0.5, 0.6) is 0 Å². The van der Waals surface area contributed by atoms with Crippen molar-refractivity contribution in [1.29, 1.82) is 5.26 Å². The number of nitriles is 1. The summed E-state index contributed by atoms with van der Waals surface area (Å²) in [5.41, 5.74) is 1.61. The van der Waals surface area contributed by atoms with Crippen LogP contribution in [0.3, 0.4) is 0 Å². The van der Waals surface area contributed by atoms with Crippen LogP contribution in [0.2, 0.25) is 5.02 Å². The first-order valence-corrected chi connectivity index (χ1v) is 13.2. The van der Waals surface area contributed by atoms with Gasteiger partial charge in [-0.3, -0.25) is 14.4 Å². The van der Waals surface area contributed by atoms with E-state index in [4.69, 9.17) is 11.6 Å². The largest absolute Gasteiger partial charge is 0.350 e. The summed E-state index contributed by atoms with van der Waals surface area (Å²) >= 11 is 6.12. The second-order valence-electron chi connectivity index (χ2n) is 9.99. The van der Waals surface area contributed by atoms with Gasteiger partial charge in [-0.1, -0.05) is 23.7 Å². The van der Waals surface area contributed by atoms with Crippen molar-refractivity contribution in [3.05, 3.63) is 100.0 Å². The average Bonchev–Trinajstić information content (AvgIpc) is 3.52. The van der Waals surface area contributed by atoms with Crippen LogP contribution in [0, 0.1) is 28.8 Å². The molecule has 3 amide bonds. The summed E-state index contributed by atoms with van der Waals surface area (Å²) in [6, 6.07) is 12.9. The lowest BCUT2D eigenvalue weighted by Gasteiger charge is -2.29. The molecule has 0 aliphatic carbocycles. The molecule has 0 radical (unpaired) electrons. The molecule has 0 saturated carbocycles. The topological polar surface area (TPSA) is 118 Å². The highest BCUT2D eigenvalue weighted by Gasteiger charge is 2.36. The van der Waals surface area contributed by atoms with Crippen LogP contribution < -0.4 is 10.6 Å². The van der Waals surface area contributed by atoms with Crippen LogP contribution in [0.25, 0.3) is 10.9 Å². The third-order valence-electron chi connectivity index (χ3n) is 7.24. The quantitative estimate of drug-likeness (QED) is 0.265. The van der Waals surface area contributed by atoms with Gasteiger partial charge in [0.05, 0.1) is 17.5 Å². The Morgan fingerprint density at radius 3 is 2.52 bits per heavy atom. The summed E-state index contributed by atoms with van der Waals surface area (Å²) < 4.78 is 41.4. The van der Waals surface area contributed by atoms with Gasteiger partial charge in [0.25, 0.3) is 5.91 Å². The van der Waals surface area contributed by atoms with Gasteiger partial charge in [-0.05, 0) is 60.0 Å². The minimum absolute atomic E-state index is 0.0140. The first-order valence-electron chi connectivity index (χ1n) is 12.8. The minimum Gasteiger partial charge on any atom is -0.350 e. The Kier molecular flexibility index (Phi) is 7.91. The fourth-order valence-corrected chi connectivity index (χ4v) is 5.21. The van der Waals surface area contributed by atoms with Crippen LogP contribution in [-0.4, -0.2) is 46.7 Å². The summed E-state index contributed by atoms with van der Waals surface area (Å²) in [4.78, 5) is 43.4. The zero-order valence-electron chi connectivity index (χ0n) is 22.1. The lowest BCUT2D eigenvalue weighted by molar-refractivity contribution is -0.133. The maximum atomic E-state index is 14.2. The number of H-pyrrole nitrogens is 1. The molecule has 2 heterocycles. The summed E-state index contributed by atoms with van der Waals surface area (Å²) in [5, 5.41) is 15.7. The number of aromatic amines is 1. The molecule has 0 saturated heterocycles. The highest BCUT2D eigenvalue weighted by Crippen LogP contribution is 2.37. The van der Waals surface area contributed by atoms with E-state index in [0.29, 0.717) is 27.9 Å². The lowest BCUT2D eigenvalue weighted by Crippen LogP contribution is -2.51. The van der Waals surface area contributed by atoms with Crippen LogP contribution in [0.4, 0.5) is 18.9 Å². The number of aromatic nitrogens is 1. The molecule has 8 nitrogen and oxygen atoms in total.